The fraction of sp³-hybridized carbons (Fsp3) is 0.667. The van der Waals surface area contributed by atoms with E-state index in [1.165, 1.54) is 5.98 Å². The maximum absolute atomic E-state index is 11.5. The van der Waals surface area contributed by atoms with Gasteiger partial charge in [-0.15, -0.1) is 12.1 Å². The summed E-state index contributed by atoms with van der Waals surface area (Å²) in [7, 11) is 0. The zero-order chi connectivity index (χ0) is 8.41. The molecule has 0 atom stereocenters. The minimum atomic E-state index is -4.87. The standard InChI is InChI=1S/C6H10BF3/c1-6(2,3)4-5-7(8,9)10/h4H,1-3H3/q-1. The largest absolute Gasteiger partial charge is 0.506 e. The normalized spacial score (nSPS) is 14.6. The highest BCUT2D eigenvalue weighted by molar-refractivity contribution is 6.61. The lowest BCUT2D eigenvalue weighted by molar-refractivity contribution is 0.486. The number of hydrogen-bond donors (Lipinski definition) is 0. The molecule has 0 aliphatic heterocycles. The van der Waals surface area contributed by atoms with Gasteiger partial charge in [-0.1, -0.05) is 20.8 Å². The topological polar surface area (TPSA) is 0 Å². The Hall–Kier alpha value is -0.405. The van der Waals surface area contributed by atoms with Crippen molar-refractivity contribution >= 4 is 6.98 Å². The molecule has 0 aliphatic carbocycles. The van der Waals surface area contributed by atoms with Crippen molar-refractivity contribution in [2.75, 3.05) is 0 Å². The van der Waals surface area contributed by atoms with Gasteiger partial charge in [0.2, 0.25) is 0 Å². The Balaban J connectivity index is 4.01. The Morgan fingerprint density at radius 2 is 1.60 bits per heavy atom. The first kappa shape index (κ1) is 9.59. The number of halogens is 3. The first-order valence-corrected chi connectivity index (χ1v) is 3.02. The number of rotatable bonds is 1. The first-order valence-electron chi connectivity index (χ1n) is 3.02. The fourth-order valence-electron chi connectivity index (χ4n) is 0.344. The van der Waals surface area contributed by atoms with Gasteiger partial charge in [0.1, 0.15) is 0 Å². The van der Waals surface area contributed by atoms with Gasteiger partial charge in [0, 0.05) is 0 Å². The van der Waals surface area contributed by atoms with Crippen molar-refractivity contribution in [1.29, 1.82) is 0 Å². The highest BCUT2D eigenvalue weighted by Crippen LogP contribution is 2.18. The summed E-state index contributed by atoms with van der Waals surface area (Å²) >= 11 is 0. The van der Waals surface area contributed by atoms with Crippen molar-refractivity contribution in [3.63, 3.8) is 0 Å². The van der Waals surface area contributed by atoms with Crippen molar-refractivity contribution < 1.29 is 12.9 Å². The predicted molar refractivity (Wildman–Crippen MR) is 36.3 cm³/mol. The minimum Gasteiger partial charge on any atom is -0.445 e. The van der Waals surface area contributed by atoms with Gasteiger partial charge in [-0.25, -0.2) is 0 Å². The van der Waals surface area contributed by atoms with Crippen molar-refractivity contribution in [2.45, 2.75) is 20.8 Å². The van der Waals surface area contributed by atoms with Crippen LogP contribution in [0.1, 0.15) is 20.8 Å². The Kier molecular flexibility index (Phi) is 2.57. The lowest BCUT2D eigenvalue weighted by atomic mass is 9.85. The average molecular weight is 150 g/mol. The van der Waals surface area contributed by atoms with Crippen LogP contribution in [0.4, 0.5) is 12.9 Å². The summed E-state index contributed by atoms with van der Waals surface area (Å²) in [4.78, 5) is 0. The van der Waals surface area contributed by atoms with Crippen LogP contribution in [0, 0.1) is 11.4 Å². The number of hydrogen-bond acceptors (Lipinski definition) is 0. The van der Waals surface area contributed by atoms with Gasteiger partial charge < -0.3 is 12.9 Å². The van der Waals surface area contributed by atoms with E-state index in [2.05, 4.69) is 0 Å². The van der Waals surface area contributed by atoms with Crippen LogP contribution in [0.25, 0.3) is 0 Å². The molecule has 0 unspecified atom stereocenters. The Labute approximate surface area is 59.2 Å². The lowest BCUT2D eigenvalue weighted by Crippen LogP contribution is -2.13. The molecule has 4 heteroatoms. The lowest BCUT2D eigenvalue weighted by Gasteiger charge is -2.14. The molecule has 0 heterocycles. The van der Waals surface area contributed by atoms with Gasteiger partial charge >= 0.3 is 6.98 Å². The van der Waals surface area contributed by atoms with Crippen LogP contribution in [0.15, 0.2) is 6.08 Å². The third kappa shape index (κ3) is 7.59. The summed E-state index contributed by atoms with van der Waals surface area (Å²) in [6.07, 6.45) is 1.05. The van der Waals surface area contributed by atoms with Gasteiger partial charge in [-0.3, -0.25) is 0 Å². The Morgan fingerprint density at radius 1 is 1.20 bits per heavy atom. The second-order valence-electron chi connectivity index (χ2n) is 3.25. The van der Waals surface area contributed by atoms with E-state index in [0.717, 1.165) is 6.08 Å². The second kappa shape index (κ2) is 2.68. The molecule has 0 spiro atoms. The molecule has 0 saturated carbocycles. The summed E-state index contributed by atoms with van der Waals surface area (Å²) in [5.74, 6) is 1.40. The van der Waals surface area contributed by atoms with Crippen molar-refractivity contribution in [2.24, 2.45) is 5.41 Å². The summed E-state index contributed by atoms with van der Waals surface area (Å²) in [5, 5.41) is 0. The van der Waals surface area contributed by atoms with Crippen LogP contribution in [0.5, 0.6) is 0 Å². The predicted octanol–water partition coefficient (Wildman–Crippen LogP) is 2.78. The molecule has 0 N–H and O–H groups in total. The molecule has 59 valence electrons. The van der Waals surface area contributed by atoms with E-state index in [1.807, 2.05) is 0 Å². The average Bonchev–Trinajstić information content (AvgIpc) is 1.57. The first-order chi connectivity index (χ1) is 4.21. The maximum Gasteiger partial charge on any atom is 0.506 e. The van der Waals surface area contributed by atoms with Gasteiger partial charge in [-0.2, -0.15) is 0 Å². The molecule has 0 aromatic rings. The molecular formula is C6H10BF3-. The molecule has 0 saturated heterocycles. The van der Waals surface area contributed by atoms with Crippen LogP contribution in [0.2, 0.25) is 0 Å². The van der Waals surface area contributed by atoms with Crippen LogP contribution >= 0.6 is 0 Å². The zero-order valence-electron chi connectivity index (χ0n) is 6.29. The van der Waals surface area contributed by atoms with Gasteiger partial charge in [-0.05, 0) is 5.41 Å². The van der Waals surface area contributed by atoms with E-state index in [1.54, 1.807) is 20.8 Å². The number of allylic oxidation sites excluding steroid dienone is 1. The molecular weight excluding hydrogens is 140 g/mol. The third-order valence-electron chi connectivity index (χ3n) is 0.705. The minimum absolute atomic E-state index is 0.433. The molecule has 0 nitrogen and oxygen atoms in total. The quantitative estimate of drug-likeness (QED) is 0.504. The van der Waals surface area contributed by atoms with E-state index >= 15 is 0 Å². The van der Waals surface area contributed by atoms with E-state index < -0.39 is 12.4 Å². The molecule has 1 radical (unpaired) electrons. The van der Waals surface area contributed by atoms with Crippen molar-refractivity contribution in [3.8, 4) is 0 Å². The molecule has 0 amide bonds. The Bertz CT molecular complexity index is 113. The maximum atomic E-state index is 11.5. The molecule has 10 heavy (non-hydrogen) atoms. The molecule has 0 aromatic carbocycles. The van der Waals surface area contributed by atoms with Gasteiger partial charge in [0.05, 0.1) is 0 Å². The summed E-state index contributed by atoms with van der Waals surface area (Å²) < 4.78 is 34.5. The fourth-order valence-corrected chi connectivity index (χ4v) is 0.344. The molecule has 0 bridgehead atoms. The van der Waals surface area contributed by atoms with Crippen LogP contribution in [-0.4, -0.2) is 6.98 Å². The second-order valence-corrected chi connectivity index (χ2v) is 3.25. The summed E-state index contributed by atoms with van der Waals surface area (Å²) in [6.45, 7) is 0.217. The van der Waals surface area contributed by atoms with Gasteiger partial charge in [0.25, 0.3) is 0 Å². The van der Waals surface area contributed by atoms with E-state index in [4.69, 9.17) is 0 Å². The highest BCUT2D eigenvalue weighted by Gasteiger charge is 2.19. The summed E-state index contributed by atoms with van der Waals surface area (Å²) in [6, 6.07) is 0. The smallest absolute Gasteiger partial charge is 0.445 e. The summed E-state index contributed by atoms with van der Waals surface area (Å²) in [5.41, 5.74) is -0.433. The van der Waals surface area contributed by atoms with Gasteiger partial charge in [0.15, 0.2) is 0 Å². The zero-order valence-corrected chi connectivity index (χ0v) is 6.29. The van der Waals surface area contributed by atoms with E-state index in [-0.39, 0.29) is 0 Å². The monoisotopic (exact) mass is 150 g/mol. The third-order valence-corrected chi connectivity index (χ3v) is 0.705. The molecule has 0 aromatic heterocycles. The van der Waals surface area contributed by atoms with Crippen molar-refractivity contribution in [3.05, 3.63) is 12.1 Å². The highest BCUT2D eigenvalue weighted by atomic mass is 19.4. The molecule has 0 rings (SSSR count). The van der Waals surface area contributed by atoms with E-state index in [0.29, 0.717) is 0 Å². The van der Waals surface area contributed by atoms with Crippen LogP contribution in [0.3, 0.4) is 0 Å². The van der Waals surface area contributed by atoms with E-state index in [9.17, 15) is 12.9 Å². The Morgan fingerprint density at radius 3 is 1.70 bits per heavy atom. The van der Waals surface area contributed by atoms with Crippen LogP contribution < -0.4 is 0 Å². The SMILES string of the molecule is CC(C)(C)C=[C][B-](F)(F)F. The van der Waals surface area contributed by atoms with Crippen molar-refractivity contribution in [1.82, 2.24) is 0 Å². The molecule has 0 fully saturated rings. The molecule has 0 aliphatic rings. The van der Waals surface area contributed by atoms with Crippen LogP contribution in [-0.2, 0) is 0 Å².